The summed E-state index contributed by atoms with van der Waals surface area (Å²) in [6, 6.07) is 3.68. The Morgan fingerprint density at radius 2 is 2.00 bits per heavy atom. The van der Waals surface area contributed by atoms with Gasteiger partial charge in [0.2, 0.25) is 0 Å². The number of rotatable bonds is 3. The molecule has 0 unspecified atom stereocenters. The minimum atomic E-state index is 0.171. The molecule has 0 fully saturated rings. The molecule has 0 radical (unpaired) electrons. The van der Waals surface area contributed by atoms with Crippen molar-refractivity contribution in [2.75, 3.05) is 0 Å². The first-order valence-corrected chi connectivity index (χ1v) is 5.03. The molecule has 0 aliphatic rings. The van der Waals surface area contributed by atoms with Gasteiger partial charge >= 0.3 is 0 Å². The zero-order chi connectivity index (χ0) is 10.7. The maximum atomic E-state index is 9.53. The minimum absolute atomic E-state index is 0.171. The van der Waals surface area contributed by atoms with E-state index in [9.17, 15) is 5.11 Å². The van der Waals surface area contributed by atoms with Gasteiger partial charge in [-0.1, -0.05) is 6.92 Å². The second kappa shape index (κ2) is 4.36. The van der Waals surface area contributed by atoms with Gasteiger partial charge in [0.15, 0.2) is 0 Å². The number of hydrogen-bond donors (Lipinski definition) is 1. The number of aromatic hydroxyl groups is 1. The Labute approximate surface area is 85.5 Å². The maximum absolute atomic E-state index is 9.53. The molecule has 1 aromatic rings. The van der Waals surface area contributed by atoms with Crippen LogP contribution in [0.2, 0.25) is 0 Å². The molecule has 0 saturated carbocycles. The number of phenolic OH excluding ortho intramolecular Hbond substituents is 1. The summed E-state index contributed by atoms with van der Waals surface area (Å²) in [5.41, 5.74) is 1.92. The van der Waals surface area contributed by atoms with Gasteiger partial charge in [0.1, 0.15) is 11.5 Å². The normalized spacial score (nSPS) is 10.6. The highest BCUT2D eigenvalue weighted by atomic mass is 16.5. The molecule has 0 aliphatic heterocycles. The van der Waals surface area contributed by atoms with Crippen LogP contribution in [0.1, 0.15) is 31.9 Å². The summed E-state index contributed by atoms with van der Waals surface area (Å²) < 4.78 is 5.66. The topological polar surface area (TPSA) is 29.5 Å². The Balaban J connectivity index is 3.07. The highest BCUT2D eigenvalue weighted by molar-refractivity contribution is 5.45. The number of ether oxygens (including phenoxy) is 1. The average Bonchev–Trinajstić information content (AvgIpc) is 2.10. The predicted molar refractivity (Wildman–Crippen MR) is 58.0 cm³/mol. The summed E-state index contributed by atoms with van der Waals surface area (Å²) in [5.74, 6) is 1.23. The van der Waals surface area contributed by atoms with E-state index in [2.05, 4.69) is 6.92 Å². The Morgan fingerprint density at radius 1 is 1.36 bits per heavy atom. The van der Waals surface area contributed by atoms with Crippen molar-refractivity contribution in [1.29, 1.82) is 0 Å². The van der Waals surface area contributed by atoms with Crippen molar-refractivity contribution < 1.29 is 9.84 Å². The van der Waals surface area contributed by atoms with E-state index in [1.807, 2.05) is 26.8 Å². The summed E-state index contributed by atoms with van der Waals surface area (Å²) in [6.45, 7) is 7.93. The van der Waals surface area contributed by atoms with Gasteiger partial charge in [0, 0.05) is 0 Å². The van der Waals surface area contributed by atoms with E-state index in [1.54, 1.807) is 6.07 Å². The van der Waals surface area contributed by atoms with Crippen LogP contribution in [0, 0.1) is 6.92 Å². The van der Waals surface area contributed by atoms with Crippen molar-refractivity contribution in [2.45, 2.75) is 40.2 Å². The first kappa shape index (κ1) is 10.9. The number of phenols is 1. The summed E-state index contributed by atoms with van der Waals surface area (Å²) >= 11 is 0. The van der Waals surface area contributed by atoms with Crippen molar-refractivity contribution in [1.82, 2.24) is 0 Å². The molecule has 0 bridgehead atoms. The third-order valence-corrected chi connectivity index (χ3v) is 2.12. The van der Waals surface area contributed by atoms with Crippen molar-refractivity contribution >= 4 is 0 Å². The van der Waals surface area contributed by atoms with Crippen LogP contribution in [0.25, 0.3) is 0 Å². The number of aryl methyl sites for hydroxylation is 2. The molecule has 1 aromatic carbocycles. The zero-order valence-electron chi connectivity index (χ0n) is 9.29. The van der Waals surface area contributed by atoms with Gasteiger partial charge in [-0.05, 0) is 50.5 Å². The number of hydrogen-bond acceptors (Lipinski definition) is 2. The van der Waals surface area contributed by atoms with E-state index in [1.165, 1.54) is 0 Å². The lowest BCUT2D eigenvalue weighted by Gasteiger charge is -2.14. The first-order chi connectivity index (χ1) is 6.54. The molecule has 0 heterocycles. The van der Waals surface area contributed by atoms with Crippen LogP contribution in [-0.4, -0.2) is 11.2 Å². The molecule has 1 N–H and O–H groups in total. The summed E-state index contributed by atoms with van der Waals surface area (Å²) in [5, 5.41) is 9.53. The van der Waals surface area contributed by atoms with Crippen molar-refractivity contribution in [2.24, 2.45) is 0 Å². The van der Waals surface area contributed by atoms with Crippen LogP contribution in [-0.2, 0) is 6.42 Å². The molecule has 2 nitrogen and oxygen atoms in total. The van der Waals surface area contributed by atoms with Crippen LogP contribution in [0.4, 0.5) is 0 Å². The van der Waals surface area contributed by atoms with Gasteiger partial charge in [-0.15, -0.1) is 0 Å². The average molecular weight is 194 g/mol. The minimum Gasteiger partial charge on any atom is -0.508 e. The van der Waals surface area contributed by atoms with Gasteiger partial charge in [-0.3, -0.25) is 0 Å². The van der Waals surface area contributed by atoms with Crippen LogP contribution < -0.4 is 4.74 Å². The Kier molecular flexibility index (Phi) is 3.39. The van der Waals surface area contributed by atoms with Crippen LogP contribution >= 0.6 is 0 Å². The monoisotopic (exact) mass is 194 g/mol. The zero-order valence-corrected chi connectivity index (χ0v) is 9.29. The van der Waals surface area contributed by atoms with Gasteiger partial charge in [-0.2, -0.15) is 0 Å². The lowest BCUT2D eigenvalue weighted by Crippen LogP contribution is -2.07. The van der Waals surface area contributed by atoms with Crippen molar-refractivity contribution in [3.05, 3.63) is 23.3 Å². The van der Waals surface area contributed by atoms with Gasteiger partial charge in [0.25, 0.3) is 0 Å². The highest BCUT2D eigenvalue weighted by Gasteiger charge is 2.07. The molecule has 0 aromatic heterocycles. The highest BCUT2D eigenvalue weighted by Crippen LogP contribution is 2.28. The fourth-order valence-electron chi connectivity index (χ4n) is 1.35. The Bertz CT molecular complexity index is 316. The van der Waals surface area contributed by atoms with Crippen LogP contribution in [0.5, 0.6) is 11.5 Å². The molecular formula is C12H18O2. The van der Waals surface area contributed by atoms with E-state index in [0.29, 0.717) is 5.75 Å². The van der Waals surface area contributed by atoms with E-state index in [0.717, 1.165) is 23.3 Å². The predicted octanol–water partition coefficient (Wildman–Crippen LogP) is 3.05. The Hall–Kier alpha value is -1.18. The van der Waals surface area contributed by atoms with E-state index < -0.39 is 0 Å². The third kappa shape index (κ3) is 2.41. The molecule has 0 atom stereocenters. The molecule has 2 heteroatoms. The maximum Gasteiger partial charge on any atom is 0.123 e. The summed E-state index contributed by atoms with van der Waals surface area (Å²) in [6.07, 6.45) is 1.04. The van der Waals surface area contributed by atoms with Crippen LogP contribution in [0.15, 0.2) is 12.1 Å². The van der Waals surface area contributed by atoms with E-state index in [4.69, 9.17) is 4.74 Å². The molecule has 0 aliphatic carbocycles. The molecular weight excluding hydrogens is 176 g/mol. The molecule has 14 heavy (non-hydrogen) atoms. The van der Waals surface area contributed by atoms with Crippen molar-refractivity contribution in [3.8, 4) is 11.5 Å². The Morgan fingerprint density at radius 3 is 2.50 bits per heavy atom. The SMILES string of the molecule is CCc1cc(O)c(C)cc1OC(C)C. The molecule has 0 spiro atoms. The lowest BCUT2D eigenvalue weighted by molar-refractivity contribution is 0.239. The molecule has 0 amide bonds. The second-order valence-electron chi connectivity index (χ2n) is 3.77. The second-order valence-corrected chi connectivity index (χ2v) is 3.77. The van der Waals surface area contributed by atoms with E-state index >= 15 is 0 Å². The molecule has 1 rings (SSSR count). The van der Waals surface area contributed by atoms with Gasteiger partial charge in [0.05, 0.1) is 6.10 Å². The van der Waals surface area contributed by atoms with Crippen LogP contribution in [0.3, 0.4) is 0 Å². The van der Waals surface area contributed by atoms with Gasteiger partial charge in [-0.25, -0.2) is 0 Å². The molecule has 78 valence electrons. The summed E-state index contributed by atoms with van der Waals surface area (Å²) in [4.78, 5) is 0. The quantitative estimate of drug-likeness (QED) is 0.801. The largest absolute Gasteiger partial charge is 0.508 e. The van der Waals surface area contributed by atoms with Gasteiger partial charge < -0.3 is 9.84 Å². The fourth-order valence-corrected chi connectivity index (χ4v) is 1.35. The fraction of sp³-hybridized carbons (Fsp3) is 0.500. The standard InChI is InChI=1S/C12H18O2/c1-5-10-7-11(13)9(4)6-12(10)14-8(2)3/h6-8,13H,5H2,1-4H3. The lowest BCUT2D eigenvalue weighted by atomic mass is 10.1. The van der Waals surface area contributed by atoms with Crippen molar-refractivity contribution in [3.63, 3.8) is 0 Å². The summed E-state index contributed by atoms with van der Waals surface area (Å²) in [7, 11) is 0. The third-order valence-electron chi connectivity index (χ3n) is 2.12. The van der Waals surface area contributed by atoms with E-state index in [-0.39, 0.29) is 6.10 Å². The first-order valence-electron chi connectivity index (χ1n) is 5.03. The molecule has 0 saturated heterocycles. The smallest absolute Gasteiger partial charge is 0.123 e. The number of benzene rings is 1.